The van der Waals surface area contributed by atoms with E-state index in [1.807, 2.05) is 50.2 Å². The summed E-state index contributed by atoms with van der Waals surface area (Å²) in [5, 5.41) is 22.0. The van der Waals surface area contributed by atoms with E-state index in [9.17, 15) is 9.59 Å². The van der Waals surface area contributed by atoms with Gasteiger partial charge in [-0.25, -0.2) is 0 Å². The van der Waals surface area contributed by atoms with Crippen LogP contribution in [0.3, 0.4) is 0 Å². The number of fused-ring (bicyclic) bond motifs is 4. The lowest BCUT2D eigenvalue weighted by Crippen LogP contribution is -2.27. The van der Waals surface area contributed by atoms with E-state index in [1.54, 1.807) is 22.3 Å². The summed E-state index contributed by atoms with van der Waals surface area (Å²) in [6.07, 6.45) is 4.07. The maximum absolute atomic E-state index is 13.4. The molecule has 2 amide bonds. The first kappa shape index (κ1) is 36.7. The van der Waals surface area contributed by atoms with Crippen molar-refractivity contribution in [3.05, 3.63) is 107 Å². The lowest BCUT2D eigenvalue weighted by Gasteiger charge is -2.21. The monoisotopic (exact) mass is 886 g/mol. The molecule has 0 radical (unpaired) electrons. The zero-order valence-corrected chi connectivity index (χ0v) is 35.5. The summed E-state index contributed by atoms with van der Waals surface area (Å²) in [5.41, 5.74) is 8.89. The predicted molar refractivity (Wildman–Crippen MR) is 233 cm³/mol. The highest BCUT2D eigenvalue weighted by molar-refractivity contribution is 8.01. The second kappa shape index (κ2) is 14.3. The van der Waals surface area contributed by atoms with Crippen LogP contribution in [0, 0.1) is 13.8 Å². The highest BCUT2D eigenvalue weighted by atomic mass is 32.2. The van der Waals surface area contributed by atoms with Crippen LogP contribution in [0.4, 0.5) is 10.3 Å². The number of hydrogen-bond donors (Lipinski definition) is 0. The minimum absolute atomic E-state index is 0.0400. The SMILES string of the molecule is Cc1coc2c(-c3nnc(N4C(=O)CSC4c4ccc5c(c4)OCO5)s3)cc(Cc3cc(-c4nnc(N5C(=O)CSC5c5ccc6c(c5)OCO6)s4)c4occ(C)c4c3)cc12. The molecule has 0 bridgehead atoms. The first-order valence-corrected chi connectivity index (χ1v) is 22.9. The number of furan rings is 2. The number of hydrogen-bond acceptors (Lipinski definition) is 16. The van der Waals surface area contributed by atoms with Crippen molar-refractivity contribution in [3.8, 4) is 44.1 Å². The molecule has 4 aliphatic heterocycles. The molecule has 304 valence electrons. The van der Waals surface area contributed by atoms with Crippen molar-refractivity contribution >= 4 is 90.2 Å². The number of thioether (sulfide) groups is 2. The van der Waals surface area contributed by atoms with Gasteiger partial charge in [0.2, 0.25) is 35.7 Å². The van der Waals surface area contributed by atoms with Gasteiger partial charge in [0, 0.05) is 10.8 Å². The third kappa shape index (κ3) is 6.14. The van der Waals surface area contributed by atoms with Crippen LogP contribution in [0.5, 0.6) is 23.0 Å². The fourth-order valence-corrected chi connectivity index (χ4v) is 12.4. The van der Waals surface area contributed by atoms with Crippen LogP contribution in [-0.4, -0.2) is 57.3 Å². The second-order valence-electron chi connectivity index (χ2n) is 14.9. The van der Waals surface area contributed by atoms with Crippen molar-refractivity contribution < 1.29 is 37.4 Å². The zero-order chi connectivity index (χ0) is 40.9. The smallest absolute Gasteiger partial charge is 0.240 e. The number of carbonyl (C=O) groups is 2. The fraction of sp³-hybridized carbons (Fsp3) is 0.209. The predicted octanol–water partition coefficient (Wildman–Crippen LogP) is 9.44. The largest absolute Gasteiger partial charge is 0.463 e. The van der Waals surface area contributed by atoms with Crippen LogP contribution >= 0.6 is 46.2 Å². The average molecular weight is 887 g/mol. The highest BCUT2D eigenvalue weighted by Crippen LogP contribution is 2.49. The van der Waals surface area contributed by atoms with E-state index < -0.39 is 0 Å². The number of ether oxygens (including phenoxy) is 4. The van der Waals surface area contributed by atoms with Gasteiger partial charge in [-0.05, 0) is 102 Å². The number of aryl methyl sites for hydroxylation is 2. The van der Waals surface area contributed by atoms with Crippen molar-refractivity contribution in [3.63, 3.8) is 0 Å². The average Bonchev–Trinajstić information content (AvgIpc) is 4.12. The molecule has 0 aliphatic carbocycles. The lowest BCUT2D eigenvalue weighted by atomic mass is 9.97. The summed E-state index contributed by atoms with van der Waals surface area (Å²) in [5.74, 6) is 3.26. The summed E-state index contributed by atoms with van der Waals surface area (Å²) in [6, 6.07) is 20.0. The van der Waals surface area contributed by atoms with Crippen molar-refractivity contribution in [2.24, 2.45) is 0 Å². The van der Waals surface area contributed by atoms with Crippen molar-refractivity contribution in [2.75, 3.05) is 34.9 Å². The van der Waals surface area contributed by atoms with E-state index in [1.165, 1.54) is 46.2 Å². The van der Waals surface area contributed by atoms with Crippen LogP contribution in [0.1, 0.15) is 44.1 Å². The Balaban J connectivity index is 0.875. The number of benzene rings is 4. The van der Waals surface area contributed by atoms with Gasteiger partial charge in [-0.3, -0.25) is 19.4 Å². The molecule has 12 rings (SSSR count). The van der Waals surface area contributed by atoms with Gasteiger partial charge in [0.05, 0.1) is 35.2 Å². The van der Waals surface area contributed by atoms with Gasteiger partial charge in [-0.1, -0.05) is 34.8 Å². The molecule has 0 N–H and O–H groups in total. The van der Waals surface area contributed by atoms with Crippen LogP contribution in [0.25, 0.3) is 43.1 Å². The van der Waals surface area contributed by atoms with E-state index in [4.69, 9.17) is 27.8 Å². The minimum atomic E-state index is -0.286. The van der Waals surface area contributed by atoms with Gasteiger partial charge in [0.1, 0.15) is 21.9 Å². The summed E-state index contributed by atoms with van der Waals surface area (Å²) >= 11 is 5.79. The Morgan fingerprint density at radius 1 is 0.590 bits per heavy atom. The standard InChI is InChI=1S/C43H30N6O8S4/c1-20-14-52-36-26(20)8-22(10-28(36)38-44-46-42(60-38)48-34(50)16-58-40(48)24-3-5-30-32(12-24)56-18-54-30)7-23-9-27-21(2)15-53-37(27)29(11-23)39-45-47-43(61-39)49-35(51)17-59-41(49)25-4-6-31-33(13-25)57-19-55-31/h3-6,8-15,40-41H,7,16-19H2,1-2H3. The van der Waals surface area contributed by atoms with E-state index in [2.05, 4.69) is 44.7 Å². The summed E-state index contributed by atoms with van der Waals surface area (Å²) in [6.45, 7) is 4.39. The normalized spacial score (nSPS) is 18.2. The molecule has 2 atom stereocenters. The summed E-state index contributed by atoms with van der Waals surface area (Å²) in [4.78, 5) is 30.2. The molecule has 2 fully saturated rings. The Bertz CT molecular complexity index is 2920. The van der Waals surface area contributed by atoms with Crippen LogP contribution < -0.4 is 28.7 Å². The van der Waals surface area contributed by atoms with Gasteiger partial charge in [0.25, 0.3) is 0 Å². The molecule has 2 unspecified atom stereocenters. The number of aromatic nitrogens is 4. The third-order valence-corrected chi connectivity index (χ3v) is 15.4. The maximum atomic E-state index is 13.4. The molecule has 8 aromatic rings. The van der Waals surface area contributed by atoms with Gasteiger partial charge >= 0.3 is 0 Å². The number of anilines is 2. The van der Waals surface area contributed by atoms with Crippen molar-refractivity contribution in [2.45, 2.75) is 31.0 Å². The Kier molecular flexibility index (Phi) is 8.59. The van der Waals surface area contributed by atoms with E-state index in [0.29, 0.717) is 72.4 Å². The summed E-state index contributed by atoms with van der Waals surface area (Å²) < 4.78 is 34.6. The van der Waals surface area contributed by atoms with Gasteiger partial charge in [0.15, 0.2) is 33.0 Å². The van der Waals surface area contributed by atoms with Crippen LogP contribution in [-0.2, 0) is 16.0 Å². The maximum Gasteiger partial charge on any atom is 0.240 e. The van der Waals surface area contributed by atoms with Gasteiger partial charge in [-0.15, -0.1) is 43.9 Å². The first-order valence-electron chi connectivity index (χ1n) is 19.2. The minimum Gasteiger partial charge on any atom is -0.463 e. The topological polar surface area (TPSA) is 155 Å². The molecule has 18 heteroatoms. The Morgan fingerprint density at radius 2 is 1.05 bits per heavy atom. The molecule has 4 aliphatic rings. The zero-order valence-electron chi connectivity index (χ0n) is 32.2. The number of carbonyl (C=O) groups excluding carboxylic acids is 2. The molecule has 61 heavy (non-hydrogen) atoms. The number of rotatable bonds is 8. The Hall–Kier alpha value is -6.08. The Labute approximate surface area is 362 Å². The van der Waals surface area contributed by atoms with Crippen molar-refractivity contribution in [1.82, 2.24) is 20.4 Å². The molecule has 4 aromatic heterocycles. The molecule has 2 saturated heterocycles. The molecule has 8 heterocycles. The first-order chi connectivity index (χ1) is 29.8. The van der Waals surface area contributed by atoms with Gasteiger partial charge < -0.3 is 27.8 Å². The Morgan fingerprint density at radius 3 is 1.52 bits per heavy atom. The molecule has 0 saturated carbocycles. The lowest BCUT2D eigenvalue weighted by molar-refractivity contribution is -0.116. The number of nitrogens with zero attached hydrogens (tertiary/aromatic N) is 6. The molecular weight excluding hydrogens is 857 g/mol. The van der Waals surface area contributed by atoms with Crippen LogP contribution in [0.15, 0.2) is 82.0 Å². The molecule has 0 spiro atoms. The quantitative estimate of drug-likeness (QED) is 0.142. The fourth-order valence-electron chi connectivity index (χ4n) is 8.13. The van der Waals surface area contributed by atoms with Crippen molar-refractivity contribution in [1.29, 1.82) is 0 Å². The van der Waals surface area contributed by atoms with E-state index in [0.717, 1.165) is 55.3 Å². The second-order valence-corrected chi connectivity index (χ2v) is 19.0. The molecule has 4 aromatic carbocycles. The van der Waals surface area contributed by atoms with Gasteiger partial charge in [-0.2, -0.15) is 0 Å². The highest BCUT2D eigenvalue weighted by Gasteiger charge is 2.39. The van der Waals surface area contributed by atoms with E-state index >= 15 is 0 Å². The molecular formula is C43H30N6O8S4. The van der Waals surface area contributed by atoms with E-state index in [-0.39, 0.29) is 36.1 Å². The summed E-state index contributed by atoms with van der Waals surface area (Å²) in [7, 11) is 0. The van der Waals surface area contributed by atoms with Crippen LogP contribution in [0.2, 0.25) is 0 Å². The number of amides is 2. The molecule has 14 nitrogen and oxygen atoms in total. The third-order valence-electron chi connectivity index (χ3n) is 11.1.